The van der Waals surface area contributed by atoms with E-state index >= 15 is 0 Å². The fourth-order valence-corrected chi connectivity index (χ4v) is 2.25. The highest BCUT2D eigenvalue weighted by atomic mass is 35.5. The number of piperazine rings is 1. The van der Waals surface area contributed by atoms with Crippen molar-refractivity contribution in [1.29, 1.82) is 0 Å². The second-order valence-electron chi connectivity index (χ2n) is 4.48. The molecular weight excluding hydrogens is 303 g/mol. The summed E-state index contributed by atoms with van der Waals surface area (Å²) in [4.78, 5) is 0. The van der Waals surface area contributed by atoms with Crippen LogP contribution in [0.2, 0.25) is 0 Å². The van der Waals surface area contributed by atoms with Gasteiger partial charge in [-0.1, -0.05) is 6.07 Å². The normalized spacial score (nSPS) is 19.7. The molecule has 1 atom stereocenters. The lowest BCUT2D eigenvalue weighted by atomic mass is 10.2. The SMILES string of the molecule is Cl.Cl.c1cc(OCCC2CNCCN2)c2c(c1)OCO2. The van der Waals surface area contributed by atoms with Crippen LogP contribution in [-0.2, 0) is 0 Å². The number of halogens is 2. The van der Waals surface area contributed by atoms with Crippen molar-refractivity contribution in [2.24, 2.45) is 0 Å². The maximum atomic E-state index is 5.78. The largest absolute Gasteiger partial charge is 0.489 e. The van der Waals surface area contributed by atoms with E-state index < -0.39 is 0 Å². The third-order valence-corrected chi connectivity index (χ3v) is 3.21. The highest BCUT2D eigenvalue weighted by molar-refractivity contribution is 5.85. The number of hydrogen-bond donors (Lipinski definition) is 2. The Hall–Kier alpha value is -0.880. The van der Waals surface area contributed by atoms with Gasteiger partial charge in [-0.05, 0) is 18.6 Å². The number of rotatable bonds is 4. The van der Waals surface area contributed by atoms with Crippen molar-refractivity contribution < 1.29 is 14.2 Å². The summed E-state index contributed by atoms with van der Waals surface area (Å²) in [6.45, 7) is 4.05. The van der Waals surface area contributed by atoms with Crippen molar-refractivity contribution >= 4 is 24.8 Å². The fourth-order valence-electron chi connectivity index (χ4n) is 2.25. The van der Waals surface area contributed by atoms with Gasteiger partial charge in [-0.2, -0.15) is 0 Å². The van der Waals surface area contributed by atoms with E-state index in [1.807, 2.05) is 18.2 Å². The van der Waals surface area contributed by atoms with Crippen molar-refractivity contribution in [1.82, 2.24) is 10.6 Å². The van der Waals surface area contributed by atoms with Gasteiger partial charge in [0.1, 0.15) is 0 Å². The zero-order valence-corrected chi connectivity index (χ0v) is 12.7. The molecule has 0 amide bonds. The first-order valence-corrected chi connectivity index (χ1v) is 6.39. The lowest BCUT2D eigenvalue weighted by Gasteiger charge is -2.24. The van der Waals surface area contributed by atoms with E-state index in [4.69, 9.17) is 14.2 Å². The molecule has 0 spiro atoms. The molecule has 114 valence electrons. The minimum atomic E-state index is 0. The molecule has 0 aliphatic carbocycles. The van der Waals surface area contributed by atoms with Crippen LogP contribution in [0.25, 0.3) is 0 Å². The number of fused-ring (bicyclic) bond motifs is 1. The number of ether oxygens (including phenoxy) is 3. The fraction of sp³-hybridized carbons (Fsp3) is 0.538. The van der Waals surface area contributed by atoms with Gasteiger partial charge in [0.2, 0.25) is 12.5 Å². The Kier molecular flexibility index (Phi) is 7.23. The zero-order chi connectivity index (χ0) is 12.2. The predicted molar refractivity (Wildman–Crippen MR) is 81.8 cm³/mol. The van der Waals surface area contributed by atoms with Crippen molar-refractivity contribution in [3.8, 4) is 17.2 Å². The lowest BCUT2D eigenvalue weighted by Crippen LogP contribution is -2.48. The Morgan fingerprint density at radius 2 is 2.10 bits per heavy atom. The number of para-hydroxylation sites is 1. The topological polar surface area (TPSA) is 51.8 Å². The second-order valence-corrected chi connectivity index (χ2v) is 4.48. The van der Waals surface area contributed by atoms with E-state index in [9.17, 15) is 0 Å². The molecule has 1 saturated heterocycles. The minimum Gasteiger partial charge on any atom is -0.489 e. The van der Waals surface area contributed by atoms with E-state index in [1.165, 1.54) is 0 Å². The Balaban J connectivity index is 0.000001000. The molecule has 5 nitrogen and oxygen atoms in total. The number of nitrogens with one attached hydrogen (secondary N) is 2. The molecule has 1 aromatic carbocycles. The molecular formula is C13H20Cl2N2O3. The zero-order valence-electron chi connectivity index (χ0n) is 11.1. The van der Waals surface area contributed by atoms with Gasteiger partial charge >= 0.3 is 0 Å². The smallest absolute Gasteiger partial charge is 0.231 e. The minimum absolute atomic E-state index is 0. The van der Waals surface area contributed by atoms with Gasteiger partial charge in [0, 0.05) is 25.7 Å². The van der Waals surface area contributed by atoms with Crippen LogP contribution in [0.4, 0.5) is 0 Å². The molecule has 1 aromatic rings. The van der Waals surface area contributed by atoms with Crippen molar-refractivity contribution in [2.45, 2.75) is 12.5 Å². The van der Waals surface area contributed by atoms with Crippen LogP contribution in [0.15, 0.2) is 18.2 Å². The molecule has 0 aromatic heterocycles. The van der Waals surface area contributed by atoms with Crippen LogP contribution < -0.4 is 24.8 Å². The third-order valence-electron chi connectivity index (χ3n) is 3.21. The summed E-state index contributed by atoms with van der Waals surface area (Å²) in [5.74, 6) is 2.27. The van der Waals surface area contributed by atoms with Crippen LogP contribution in [0.5, 0.6) is 17.2 Å². The van der Waals surface area contributed by atoms with Crippen molar-refractivity contribution in [3.05, 3.63) is 18.2 Å². The van der Waals surface area contributed by atoms with E-state index in [-0.39, 0.29) is 31.6 Å². The summed E-state index contributed by atoms with van der Waals surface area (Å²) >= 11 is 0. The van der Waals surface area contributed by atoms with Crippen LogP contribution in [-0.4, -0.2) is 39.1 Å². The summed E-state index contributed by atoms with van der Waals surface area (Å²) < 4.78 is 16.5. The highest BCUT2D eigenvalue weighted by Crippen LogP contribution is 2.40. The molecule has 2 heterocycles. The van der Waals surface area contributed by atoms with Crippen LogP contribution in [0.3, 0.4) is 0 Å². The van der Waals surface area contributed by atoms with Gasteiger partial charge < -0.3 is 24.8 Å². The Labute approximate surface area is 131 Å². The molecule has 2 aliphatic rings. The van der Waals surface area contributed by atoms with E-state index in [2.05, 4.69) is 10.6 Å². The molecule has 0 radical (unpaired) electrons. The van der Waals surface area contributed by atoms with E-state index in [0.717, 1.165) is 43.3 Å². The summed E-state index contributed by atoms with van der Waals surface area (Å²) in [6, 6.07) is 6.22. The van der Waals surface area contributed by atoms with Gasteiger partial charge in [0.15, 0.2) is 11.5 Å². The Morgan fingerprint density at radius 3 is 2.90 bits per heavy atom. The average molecular weight is 323 g/mol. The molecule has 3 rings (SSSR count). The van der Waals surface area contributed by atoms with Gasteiger partial charge in [0.05, 0.1) is 6.61 Å². The van der Waals surface area contributed by atoms with E-state index in [1.54, 1.807) is 0 Å². The molecule has 0 bridgehead atoms. The predicted octanol–water partition coefficient (Wildman–Crippen LogP) is 1.59. The first-order valence-electron chi connectivity index (χ1n) is 6.39. The summed E-state index contributed by atoms with van der Waals surface area (Å²) in [5, 5.41) is 6.82. The molecule has 7 heteroatoms. The van der Waals surface area contributed by atoms with Crippen molar-refractivity contribution in [2.75, 3.05) is 33.0 Å². The maximum Gasteiger partial charge on any atom is 0.231 e. The standard InChI is InChI=1S/C13H18N2O3.2ClH/c1-2-11(13-12(3-1)17-9-18-13)16-7-4-10-8-14-5-6-15-10;;/h1-3,10,14-15H,4-9H2;2*1H. The summed E-state index contributed by atoms with van der Waals surface area (Å²) in [7, 11) is 0. The summed E-state index contributed by atoms with van der Waals surface area (Å²) in [5.41, 5.74) is 0. The maximum absolute atomic E-state index is 5.78. The summed E-state index contributed by atoms with van der Waals surface area (Å²) in [6.07, 6.45) is 0.984. The molecule has 1 fully saturated rings. The quantitative estimate of drug-likeness (QED) is 0.881. The lowest BCUT2D eigenvalue weighted by molar-refractivity contribution is 0.169. The number of benzene rings is 1. The Morgan fingerprint density at radius 1 is 1.20 bits per heavy atom. The molecule has 1 unspecified atom stereocenters. The molecule has 2 aliphatic heterocycles. The molecule has 20 heavy (non-hydrogen) atoms. The van der Waals surface area contributed by atoms with Gasteiger partial charge in [0.25, 0.3) is 0 Å². The first kappa shape index (κ1) is 17.2. The van der Waals surface area contributed by atoms with Crippen LogP contribution in [0, 0.1) is 0 Å². The molecule has 0 saturated carbocycles. The Bertz CT molecular complexity index is 415. The average Bonchev–Trinajstić information content (AvgIpc) is 2.89. The molecule has 2 N–H and O–H groups in total. The van der Waals surface area contributed by atoms with Crippen LogP contribution in [0.1, 0.15) is 6.42 Å². The number of hydrogen-bond acceptors (Lipinski definition) is 5. The van der Waals surface area contributed by atoms with Gasteiger partial charge in [-0.25, -0.2) is 0 Å². The second kappa shape index (κ2) is 8.42. The van der Waals surface area contributed by atoms with E-state index in [0.29, 0.717) is 12.6 Å². The van der Waals surface area contributed by atoms with Gasteiger partial charge in [-0.15, -0.1) is 24.8 Å². The van der Waals surface area contributed by atoms with Crippen molar-refractivity contribution in [3.63, 3.8) is 0 Å². The third kappa shape index (κ3) is 4.06. The van der Waals surface area contributed by atoms with Gasteiger partial charge in [-0.3, -0.25) is 0 Å². The monoisotopic (exact) mass is 322 g/mol. The highest BCUT2D eigenvalue weighted by Gasteiger charge is 2.18. The first-order chi connectivity index (χ1) is 8.93. The van der Waals surface area contributed by atoms with Crippen LogP contribution >= 0.6 is 24.8 Å².